The lowest BCUT2D eigenvalue weighted by atomic mass is 10.5. The van der Waals surface area contributed by atoms with Crippen molar-refractivity contribution < 1.29 is 9.90 Å². The summed E-state index contributed by atoms with van der Waals surface area (Å²) in [5.74, 6) is 3.51. The molecule has 12 heavy (non-hydrogen) atoms. The SMILES string of the molecule is NNc1cc(Cl)nc(C(=O)O)n1. The molecule has 0 amide bonds. The Balaban J connectivity index is 3.15. The van der Waals surface area contributed by atoms with Crippen LogP contribution in [0.3, 0.4) is 0 Å². The number of hydrogen-bond acceptors (Lipinski definition) is 5. The predicted molar refractivity (Wildman–Crippen MR) is 41.8 cm³/mol. The molecule has 0 aliphatic heterocycles. The second-order valence-corrected chi connectivity index (χ2v) is 2.24. The largest absolute Gasteiger partial charge is 0.475 e. The minimum atomic E-state index is -1.26. The van der Waals surface area contributed by atoms with Gasteiger partial charge in [-0.1, -0.05) is 11.6 Å². The van der Waals surface area contributed by atoms with Gasteiger partial charge in [0.1, 0.15) is 11.0 Å². The predicted octanol–water partition coefficient (Wildman–Crippen LogP) is 0.114. The van der Waals surface area contributed by atoms with E-state index in [4.69, 9.17) is 22.6 Å². The van der Waals surface area contributed by atoms with Crippen LogP contribution < -0.4 is 11.3 Å². The molecule has 0 atom stereocenters. The number of rotatable bonds is 2. The summed E-state index contributed by atoms with van der Waals surface area (Å²) < 4.78 is 0. The van der Waals surface area contributed by atoms with E-state index >= 15 is 0 Å². The summed E-state index contributed by atoms with van der Waals surface area (Å²) in [4.78, 5) is 17.3. The van der Waals surface area contributed by atoms with E-state index in [2.05, 4.69) is 15.4 Å². The Kier molecular flexibility index (Phi) is 2.41. The highest BCUT2D eigenvalue weighted by Gasteiger charge is 2.08. The van der Waals surface area contributed by atoms with Crippen LogP contribution in [-0.4, -0.2) is 21.0 Å². The molecule has 0 saturated heterocycles. The molecule has 6 nitrogen and oxygen atoms in total. The smallest absolute Gasteiger partial charge is 0.374 e. The van der Waals surface area contributed by atoms with Crippen LogP contribution in [0.1, 0.15) is 10.6 Å². The number of hydrazine groups is 1. The molecule has 7 heteroatoms. The molecule has 1 heterocycles. The van der Waals surface area contributed by atoms with Gasteiger partial charge in [0.05, 0.1) is 0 Å². The highest BCUT2D eigenvalue weighted by atomic mass is 35.5. The molecule has 1 rings (SSSR count). The lowest BCUT2D eigenvalue weighted by molar-refractivity contribution is 0.0683. The van der Waals surface area contributed by atoms with E-state index in [9.17, 15) is 4.79 Å². The van der Waals surface area contributed by atoms with Crippen molar-refractivity contribution in [3.63, 3.8) is 0 Å². The Hall–Kier alpha value is -1.40. The number of nitrogens with two attached hydrogens (primary N) is 1. The van der Waals surface area contributed by atoms with E-state index in [1.165, 1.54) is 6.07 Å². The van der Waals surface area contributed by atoms with Crippen LogP contribution in [0, 0.1) is 0 Å². The van der Waals surface area contributed by atoms with Gasteiger partial charge in [-0.25, -0.2) is 20.6 Å². The van der Waals surface area contributed by atoms with Crippen LogP contribution >= 0.6 is 11.6 Å². The number of aromatic nitrogens is 2. The van der Waals surface area contributed by atoms with Gasteiger partial charge >= 0.3 is 5.97 Å². The van der Waals surface area contributed by atoms with Crippen molar-refractivity contribution in [2.75, 3.05) is 5.43 Å². The maximum Gasteiger partial charge on any atom is 0.374 e. The molecule has 0 saturated carbocycles. The molecule has 1 aromatic heterocycles. The number of nitrogens with one attached hydrogen (secondary N) is 1. The molecule has 0 aliphatic rings. The molecular weight excluding hydrogens is 184 g/mol. The van der Waals surface area contributed by atoms with Crippen LogP contribution in [-0.2, 0) is 0 Å². The van der Waals surface area contributed by atoms with Gasteiger partial charge in [-0.2, -0.15) is 0 Å². The first-order valence-corrected chi connectivity index (χ1v) is 3.26. The summed E-state index contributed by atoms with van der Waals surface area (Å²) >= 11 is 5.46. The van der Waals surface area contributed by atoms with Crippen LogP contribution in [0.4, 0.5) is 5.82 Å². The molecule has 0 spiro atoms. The third-order valence-electron chi connectivity index (χ3n) is 1.03. The maximum atomic E-state index is 10.4. The molecule has 0 aliphatic carbocycles. The molecule has 64 valence electrons. The summed E-state index contributed by atoms with van der Waals surface area (Å²) in [6.45, 7) is 0. The Morgan fingerprint density at radius 2 is 2.33 bits per heavy atom. The Bertz CT molecular complexity index is 316. The Morgan fingerprint density at radius 1 is 1.67 bits per heavy atom. The zero-order valence-electron chi connectivity index (χ0n) is 5.78. The number of nitrogen functional groups attached to an aromatic ring is 1. The van der Waals surface area contributed by atoms with Crippen molar-refractivity contribution in [3.8, 4) is 0 Å². The third-order valence-corrected chi connectivity index (χ3v) is 1.23. The van der Waals surface area contributed by atoms with Crippen molar-refractivity contribution in [3.05, 3.63) is 17.0 Å². The quantitative estimate of drug-likeness (QED) is 0.346. The lowest BCUT2D eigenvalue weighted by Gasteiger charge is -1.99. The standard InChI is InChI=1S/C5H5ClN4O2/c6-2-1-3(10-7)9-4(8-2)5(11)12/h1H,7H2,(H,11,12)(H,8,9,10). The zero-order chi connectivity index (χ0) is 9.14. The molecule has 4 N–H and O–H groups in total. The number of halogens is 1. The van der Waals surface area contributed by atoms with Crippen LogP contribution in [0.15, 0.2) is 6.07 Å². The summed E-state index contributed by atoms with van der Waals surface area (Å²) in [6.07, 6.45) is 0. The van der Waals surface area contributed by atoms with E-state index in [0.29, 0.717) is 0 Å². The minimum absolute atomic E-state index is 0.0235. The molecule has 0 fully saturated rings. The van der Waals surface area contributed by atoms with Gasteiger partial charge in [0.15, 0.2) is 0 Å². The van der Waals surface area contributed by atoms with Gasteiger partial charge in [0.25, 0.3) is 0 Å². The van der Waals surface area contributed by atoms with E-state index in [1.54, 1.807) is 0 Å². The number of nitrogens with zero attached hydrogens (tertiary/aromatic N) is 2. The van der Waals surface area contributed by atoms with Crippen molar-refractivity contribution in [2.24, 2.45) is 5.84 Å². The number of aromatic carboxylic acids is 1. The van der Waals surface area contributed by atoms with Crippen molar-refractivity contribution >= 4 is 23.4 Å². The first kappa shape index (κ1) is 8.69. The molecule has 1 aromatic rings. The van der Waals surface area contributed by atoms with Crippen LogP contribution in [0.5, 0.6) is 0 Å². The third kappa shape index (κ3) is 1.80. The summed E-state index contributed by atoms with van der Waals surface area (Å²) in [6, 6.07) is 1.31. The van der Waals surface area contributed by atoms with Crippen LogP contribution in [0.25, 0.3) is 0 Å². The van der Waals surface area contributed by atoms with E-state index in [1.807, 2.05) is 0 Å². The lowest BCUT2D eigenvalue weighted by Crippen LogP contribution is -2.12. The fraction of sp³-hybridized carbons (Fsp3) is 0. The van der Waals surface area contributed by atoms with Crippen LogP contribution in [0.2, 0.25) is 5.15 Å². The highest BCUT2D eigenvalue weighted by molar-refractivity contribution is 6.29. The van der Waals surface area contributed by atoms with Gasteiger partial charge in [0, 0.05) is 6.07 Å². The number of carbonyl (C=O) groups is 1. The van der Waals surface area contributed by atoms with E-state index in [0.717, 1.165) is 0 Å². The van der Waals surface area contributed by atoms with Gasteiger partial charge in [0.2, 0.25) is 5.82 Å². The van der Waals surface area contributed by atoms with Gasteiger partial charge in [-0.15, -0.1) is 0 Å². The van der Waals surface area contributed by atoms with Gasteiger partial charge in [-0.05, 0) is 0 Å². The zero-order valence-corrected chi connectivity index (χ0v) is 6.54. The second-order valence-electron chi connectivity index (χ2n) is 1.85. The average Bonchev–Trinajstić information content (AvgIpc) is 2.03. The summed E-state index contributed by atoms with van der Waals surface area (Å²) in [5, 5.41) is 8.50. The topological polar surface area (TPSA) is 101 Å². The monoisotopic (exact) mass is 188 g/mol. The second kappa shape index (κ2) is 3.33. The van der Waals surface area contributed by atoms with E-state index < -0.39 is 11.8 Å². The highest BCUT2D eigenvalue weighted by Crippen LogP contribution is 2.09. The maximum absolute atomic E-state index is 10.4. The van der Waals surface area contributed by atoms with Crippen molar-refractivity contribution in [1.82, 2.24) is 9.97 Å². The fourth-order valence-electron chi connectivity index (χ4n) is 0.587. The minimum Gasteiger partial charge on any atom is -0.475 e. The molecule has 0 aromatic carbocycles. The fourth-order valence-corrected chi connectivity index (χ4v) is 0.771. The normalized spacial score (nSPS) is 9.50. The number of hydrogen-bond donors (Lipinski definition) is 3. The van der Waals surface area contributed by atoms with Crippen molar-refractivity contribution in [1.29, 1.82) is 0 Å². The first-order valence-electron chi connectivity index (χ1n) is 2.88. The van der Waals surface area contributed by atoms with E-state index in [-0.39, 0.29) is 11.0 Å². The summed E-state index contributed by atoms with van der Waals surface area (Å²) in [7, 11) is 0. The van der Waals surface area contributed by atoms with Crippen molar-refractivity contribution in [2.45, 2.75) is 0 Å². The average molecular weight is 189 g/mol. The molecular formula is C5H5ClN4O2. The van der Waals surface area contributed by atoms with Gasteiger partial charge in [-0.3, -0.25) is 0 Å². The Morgan fingerprint density at radius 3 is 2.83 bits per heavy atom. The van der Waals surface area contributed by atoms with Gasteiger partial charge < -0.3 is 10.5 Å². The number of carboxylic acids is 1. The summed E-state index contributed by atoms with van der Waals surface area (Å²) in [5.41, 5.74) is 2.16. The number of anilines is 1. The Labute approximate surface area is 72.4 Å². The molecule has 0 bridgehead atoms. The number of carboxylic acid groups (broad SMARTS) is 1. The molecule has 0 unspecified atom stereocenters. The molecule has 0 radical (unpaired) electrons. The first-order chi connectivity index (χ1) is 5.63.